The summed E-state index contributed by atoms with van der Waals surface area (Å²) in [6.45, 7) is 0. The Morgan fingerprint density at radius 2 is 0.615 bits per heavy atom. The third-order valence-corrected chi connectivity index (χ3v) is 9.77. The molecule has 0 radical (unpaired) electrons. The van der Waals surface area contributed by atoms with E-state index < -0.39 is 0 Å². The van der Waals surface area contributed by atoms with Gasteiger partial charge in [-0.2, -0.15) is 0 Å². The molecule has 0 fully saturated rings. The van der Waals surface area contributed by atoms with Crippen molar-refractivity contribution in [1.29, 1.82) is 0 Å². The van der Waals surface area contributed by atoms with Crippen molar-refractivity contribution in [2.45, 2.75) is 0 Å². The molecule has 0 bridgehead atoms. The molecule has 0 heterocycles. The zero-order valence-corrected chi connectivity index (χ0v) is 28.7. The van der Waals surface area contributed by atoms with E-state index >= 15 is 0 Å². The van der Waals surface area contributed by atoms with E-state index in [0.717, 1.165) is 39.7 Å². The van der Waals surface area contributed by atoms with E-state index in [1.54, 1.807) is 0 Å². The van der Waals surface area contributed by atoms with Crippen LogP contribution in [0.2, 0.25) is 0 Å². The standard InChI is InChI=1S/C50H36N2/c1-4-17-39(18-5-1)49-32-31-48(52(44-24-8-3-9-25-44)47-30-28-38-16-11-13-20-41(38)34-47)36-50(49)42-21-14-26-45(35-42)51(43-22-6-2-7-23-43)46-29-27-37-15-10-12-19-40(37)33-46/h1-36H. The first-order chi connectivity index (χ1) is 25.8. The average molecular weight is 665 g/mol. The summed E-state index contributed by atoms with van der Waals surface area (Å²) >= 11 is 0. The number of anilines is 6. The van der Waals surface area contributed by atoms with Crippen LogP contribution < -0.4 is 9.80 Å². The molecule has 0 unspecified atom stereocenters. The molecule has 9 rings (SSSR count). The van der Waals surface area contributed by atoms with Crippen LogP contribution in [0.4, 0.5) is 34.1 Å². The third-order valence-electron chi connectivity index (χ3n) is 9.77. The van der Waals surface area contributed by atoms with Gasteiger partial charge < -0.3 is 9.80 Å². The average Bonchev–Trinajstić information content (AvgIpc) is 3.22. The first kappa shape index (κ1) is 31.1. The molecule has 9 aromatic carbocycles. The Hall–Kier alpha value is -6.90. The van der Waals surface area contributed by atoms with E-state index in [-0.39, 0.29) is 0 Å². The molecular formula is C50H36N2. The number of rotatable bonds is 8. The van der Waals surface area contributed by atoms with Crippen LogP contribution >= 0.6 is 0 Å². The first-order valence-corrected chi connectivity index (χ1v) is 17.8. The molecule has 9 aromatic rings. The molecule has 246 valence electrons. The second-order valence-corrected chi connectivity index (χ2v) is 13.1. The lowest BCUT2D eigenvalue weighted by molar-refractivity contribution is 1.28. The van der Waals surface area contributed by atoms with Gasteiger partial charge in [0.25, 0.3) is 0 Å². The number of benzene rings is 9. The number of fused-ring (bicyclic) bond motifs is 2. The Morgan fingerprint density at radius 3 is 1.17 bits per heavy atom. The van der Waals surface area contributed by atoms with Crippen LogP contribution in [0.15, 0.2) is 218 Å². The molecule has 0 spiro atoms. The van der Waals surface area contributed by atoms with Gasteiger partial charge in [0.05, 0.1) is 0 Å². The van der Waals surface area contributed by atoms with Crippen LogP contribution in [-0.4, -0.2) is 0 Å². The molecule has 0 atom stereocenters. The Morgan fingerprint density at radius 1 is 0.212 bits per heavy atom. The predicted molar refractivity (Wildman–Crippen MR) is 222 cm³/mol. The van der Waals surface area contributed by atoms with Crippen molar-refractivity contribution in [3.05, 3.63) is 218 Å². The monoisotopic (exact) mass is 664 g/mol. The van der Waals surface area contributed by atoms with Crippen LogP contribution in [0.1, 0.15) is 0 Å². The molecule has 0 amide bonds. The predicted octanol–water partition coefficient (Wildman–Crippen LogP) is 14.3. The molecule has 0 aliphatic carbocycles. The van der Waals surface area contributed by atoms with E-state index in [1.807, 2.05) is 0 Å². The van der Waals surface area contributed by atoms with Gasteiger partial charge in [-0.3, -0.25) is 0 Å². The maximum Gasteiger partial charge on any atom is 0.0468 e. The molecule has 52 heavy (non-hydrogen) atoms. The Bertz CT molecular complexity index is 2630. The van der Waals surface area contributed by atoms with Gasteiger partial charge in [-0.15, -0.1) is 0 Å². The third kappa shape index (κ3) is 6.08. The summed E-state index contributed by atoms with van der Waals surface area (Å²) in [4.78, 5) is 4.72. The van der Waals surface area contributed by atoms with Crippen LogP contribution in [-0.2, 0) is 0 Å². The quantitative estimate of drug-likeness (QED) is 0.159. The highest BCUT2D eigenvalue weighted by Gasteiger charge is 2.19. The summed E-state index contributed by atoms with van der Waals surface area (Å²) in [5, 5.41) is 4.88. The van der Waals surface area contributed by atoms with Crippen LogP contribution in [0, 0.1) is 0 Å². The van der Waals surface area contributed by atoms with Crippen molar-refractivity contribution in [3.8, 4) is 22.3 Å². The van der Waals surface area contributed by atoms with Gasteiger partial charge in [0.15, 0.2) is 0 Å². The fourth-order valence-electron chi connectivity index (χ4n) is 7.27. The smallest absolute Gasteiger partial charge is 0.0468 e. The molecule has 0 aromatic heterocycles. The summed E-state index contributed by atoms with van der Waals surface area (Å²) in [5.74, 6) is 0. The van der Waals surface area contributed by atoms with Crippen molar-refractivity contribution < 1.29 is 0 Å². The van der Waals surface area contributed by atoms with E-state index in [1.165, 1.54) is 38.2 Å². The summed E-state index contributed by atoms with van der Waals surface area (Å²) < 4.78 is 0. The van der Waals surface area contributed by atoms with Gasteiger partial charge >= 0.3 is 0 Å². The number of nitrogens with zero attached hydrogens (tertiary/aromatic N) is 2. The van der Waals surface area contributed by atoms with Gasteiger partial charge in [-0.1, -0.05) is 146 Å². The Balaban J connectivity index is 1.23. The first-order valence-electron chi connectivity index (χ1n) is 17.8. The minimum atomic E-state index is 1.09. The lowest BCUT2D eigenvalue weighted by Gasteiger charge is -2.28. The Labute approximate surface area is 305 Å². The van der Waals surface area contributed by atoms with E-state index in [2.05, 4.69) is 228 Å². The van der Waals surface area contributed by atoms with E-state index in [9.17, 15) is 0 Å². The largest absolute Gasteiger partial charge is 0.310 e. The molecule has 0 aliphatic rings. The van der Waals surface area contributed by atoms with Gasteiger partial charge in [0, 0.05) is 34.1 Å². The normalized spacial score (nSPS) is 11.1. The van der Waals surface area contributed by atoms with Crippen molar-refractivity contribution in [2.24, 2.45) is 0 Å². The van der Waals surface area contributed by atoms with Gasteiger partial charge in [-0.05, 0) is 117 Å². The lowest BCUT2D eigenvalue weighted by atomic mass is 9.93. The van der Waals surface area contributed by atoms with Crippen LogP contribution in [0.3, 0.4) is 0 Å². The van der Waals surface area contributed by atoms with Crippen LogP contribution in [0.25, 0.3) is 43.8 Å². The van der Waals surface area contributed by atoms with E-state index in [0.29, 0.717) is 0 Å². The highest BCUT2D eigenvalue weighted by Crippen LogP contribution is 2.43. The molecule has 0 aliphatic heterocycles. The minimum absolute atomic E-state index is 1.09. The highest BCUT2D eigenvalue weighted by molar-refractivity contribution is 5.94. The zero-order chi connectivity index (χ0) is 34.7. The number of hydrogen-bond acceptors (Lipinski definition) is 2. The summed E-state index contributed by atoms with van der Waals surface area (Å²) in [7, 11) is 0. The highest BCUT2D eigenvalue weighted by atomic mass is 15.1. The molecule has 0 N–H and O–H groups in total. The summed E-state index contributed by atoms with van der Waals surface area (Å²) in [6, 6.07) is 78.4. The summed E-state index contributed by atoms with van der Waals surface area (Å²) in [6.07, 6.45) is 0. The fourth-order valence-corrected chi connectivity index (χ4v) is 7.27. The van der Waals surface area contributed by atoms with Crippen molar-refractivity contribution in [3.63, 3.8) is 0 Å². The van der Waals surface area contributed by atoms with Gasteiger partial charge in [-0.25, -0.2) is 0 Å². The number of para-hydroxylation sites is 2. The second-order valence-electron chi connectivity index (χ2n) is 13.1. The lowest BCUT2D eigenvalue weighted by Crippen LogP contribution is -2.10. The maximum absolute atomic E-state index is 2.36. The van der Waals surface area contributed by atoms with Gasteiger partial charge in [0.1, 0.15) is 0 Å². The Kier molecular flexibility index (Phi) is 8.24. The van der Waals surface area contributed by atoms with Crippen molar-refractivity contribution >= 4 is 55.7 Å². The van der Waals surface area contributed by atoms with Crippen molar-refractivity contribution in [1.82, 2.24) is 0 Å². The second kappa shape index (κ2) is 13.8. The molecule has 0 saturated carbocycles. The molecule has 0 saturated heterocycles. The molecule has 2 nitrogen and oxygen atoms in total. The van der Waals surface area contributed by atoms with Gasteiger partial charge in [0.2, 0.25) is 0 Å². The topological polar surface area (TPSA) is 6.48 Å². The molecule has 2 heteroatoms. The fraction of sp³-hybridized carbons (Fsp3) is 0. The minimum Gasteiger partial charge on any atom is -0.310 e. The van der Waals surface area contributed by atoms with E-state index in [4.69, 9.17) is 0 Å². The zero-order valence-electron chi connectivity index (χ0n) is 28.7. The molecular weight excluding hydrogens is 629 g/mol. The SMILES string of the molecule is c1ccc(-c2ccc(N(c3ccccc3)c3ccc4ccccc4c3)cc2-c2cccc(N(c3ccccc3)c3ccc4ccccc4c3)c2)cc1. The number of hydrogen-bond donors (Lipinski definition) is 0. The van der Waals surface area contributed by atoms with Crippen LogP contribution in [0.5, 0.6) is 0 Å². The van der Waals surface area contributed by atoms with Crippen molar-refractivity contribution in [2.75, 3.05) is 9.80 Å². The maximum atomic E-state index is 2.36. The summed E-state index contributed by atoms with van der Waals surface area (Å²) in [5.41, 5.74) is 11.3.